The van der Waals surface area contributed by atoms with Gasteiger partial charge in [-0.1, -0.05) is 11.6 Å². The molecule has 1 fully saturated rings. The minimum Gasteiger partial charge on any atom is -0.456 e. The molecule has 1 aromatic rings. The van der Waals surface area contributed by atoms with Crippen LogP contribution in [0.4, 0.5) is 0 Å². The molecule has 2 rings (SSSR count). The molecule has 8 heteroatoms. The summed E-state index contributed by atoms with van der Waals surface area (Å²) < 4.78 is 10.7. The van der Waals surface area contributed by atoms with Crippen LogP contribution in [0, 0.1) is 0 Å². The van der Waals surface area contributed by atoms with Gasteiger partial charge in [0.2, 0.25) is 0 Å². The number of amides is 1. The van der Waals surface area contributed by atoms with E-state index in [0.29, 0.717) is 15.8 Å². The van der Waals surface area contributed by atoms with Crippen LogP contribution >= 0.6 is 22.9 Å². The third-order valence-electron chi connectivity index (χ3n) is 3.32. The maximum Gasteiger partial charge on any atom is 0.306 e. The number of halogens is 1. The minimum atomic E-state index is -0.576. The van der Waals surface area contributed by atoms with Crippen LogP contribution in [0.3, 0.4) is 0 Å². The van der Waals surface area contributed by atoms with Crippen molar-refractivity contribution >= 4 is 40.6 Å². The lowest BCUT2D eigenvalue weighted by atomic mass is 10.2. The fourth-order valence-electron chi connectivity index (χ4n) is 2.11. The van der Waals surface area contributed by atoms with Crippen LogP contribution in [-0.4, -0.2) is 43.5 Å². The van der Waals surface area contributed by atoms with Gasteiger partial charge in [-0.3, -0.25) is 14.4 Å². The fourth-order valence-corrected chi connectivity index (χ4v) is 3.12. The lowest BCUT2D eigenvalue weighted by Crippen LogP contribution is -2.34. The minimum absolute atomic E-state index is 0.0349. The Morgan fingerprint density at radius 1 is 1.35 bits per heavy atom. The van der Waals surface area contributed by atoms with E-state index in [2.05, 4.69) is 5.32 Å². The van der Waals surface area contributed by atoms with Gasteiger partial charge in [0.1, 0.15) is 0 Å². The van der Waals surface area contributed by atoms with E-state index in [0.717, 1.165) is 19.4 Å². The van der Waals surface area contributed by atoms with Gasteiger partial charge >= 0.3 is 5.97 Å². The van der Waals surface area contributed by atoms with Crippen LogP contribution in [0.25, 0.3) is 0 Å². The average molecular weight is 360 g/mol. The quantitative estimate of drug-likeness (QED) is 0.568. The summed E-state index contributed by atoms with van der Waals surface area (Å²) in [5.41, 5.74) is 0. The normalized spacial score (nSPS) is 17.0. The number of ether oxygens (including phenoxy) is 2. The number of hydrogen-bond acceptors (Lipinski definition) is 6. The number of rotatable bonds is 8. The highest BCUT2D eigenvalue weighted by molar-refractivity contribution is 7.18. The topological polar surface area (TPSA) is 81.7 Å². The predicted octanol–water partition coefficient (Wildman–Crippen LogP) is 2.20. The molecule has 0 bridgehead atoms. The van der Waals surface area contributed by atoms with Gasteiger partial charge in [-0.2, -0.15) is 0 Å². The van der Waals surface area contributed by atoms with E-state index in [-0.39, 0.29) is 37.2 Å². The fraction of sp³-hybridized carbons (Fsp3) is 0.533. The second-order valence-corrected chi connectivity index (χ2v) is 6.84. The van der Waals surface area contributed by atoms with E-state index in [9.17, 15) is 14.4 Å². The smallest absolute Gasteiger partial charge is 0.306 e. The van der Waals surface area contributed by atoms with Crippen LogP contribution in [0.15, 0.2) is 12.1 Å². The van der Waals surface area contributed by atoms with Crippen molar-refractivity contribution in [2.24, 2.45) is 0 Å². The van der Waals surface area contributed by atoms with Gasteiger partial charge < -0.3 is 14.8 Å². The molecule has 1 N–H and O–H groups in total. The Morgan fingerprint density at radius 2 is 2.17 bits per heavy atom. The number of carbonyl (C=O) groups excluding carboxylic acids is 3. The zero-order chi connectivity index (χ0) is 16.7. The number of nitrogens with one attached hydrogen (secondary N) is 1. The van der Waals surface area contributed by atoms with Crippen molar-refractivity contribution in [2.45, 2.75) is 31.8 Å². The molecule has 0 unspecified atom stereocenters. The maximum absolute atomic E-state index is 11.8. The number of esters is 1. The first-order valence-corrected chi connectivity index (χ1v) is 8.56. The molecule has 1 aromatic heterocycles. The number of ketones is 1. The van der Waals surface area contributed by atoms with Gasteiger partial charge in [0.25, 0.3) is 5.91 Å². The van der Waals surface area contributed by atoms with E-state index in [1.807, 2.05) is 0 Å². The molecule has 1 atom stereocenters. The van der Waals surface area contributed by atoms with Crippen molar-refractivity contribution in [1.29, 1.82) is 0 Å². The molecule has 1 aliphatic heterocycles. The van der Waals surface area contributed by atoms with E-state index in [4.69, 9.17) is 21.1 Å². The zero-order valence-electron chi connectivity index (χ0n) is 12.5. The molecule has 0 saturated carbocycles. The monoisotopic (exact) mass is 359 g/mol. The number of thiophene rings is 1. The Hall–Kier alpha value is -1.44. The van der Waals surface area contributed by atoms with Gasteiger partial charge in [-0.25, -0.2) is 0 Å². The summed E-state index contributed by atoms with van der Waals surface area (Å²) >= 11 is 6.92. The Balaban J connectivity index is 1.58. The molecule has 1 amide bonds. The summed E-state index contributed by atoms with van der Waals surface area (Å²) in [4.78, 5) is 35.4. The summed E-state index contributed by atoms with van der Waals surface area (Å²) in [6.07, 6.45) is 1.94. The Kier molecular flexibility index (Phi) is 7.01. The molecule has 126 valence electrons. The molecule has 0 radical (unpaired) electrons. The molecule has 6 nitrogen and oxygen atoms in total. The van der Waals surface area contributed by atoms with E-state index in [1.54, 1.807) is 12.1 Å². The summed E-state index contributed by atoms with van der Waals surface area (Å²) in [6, 6.07) is 3.26. The van der Waals surface area contributed by atoms with E-state index in [1.165, 1.54) is 11.3 Å². The van der Waals surface area contributed by atoms with Gasteiger partial charge in [-0.05, 0) is 25.0 Å². The van der Waals surface area contributed by atoms with Crippen LogP contribution < -0.4 is 5.32 Å². The summed E-state index contributed by atoms with van der Waals surface area (Å²) in [7, 11) is 0. The first-order valence-electron chi connectivity index (χ1n) is 7.37. The third-order valence-corrected chi connectivity index (χ3v) is 4.59. The van der Waals surface area contributed by atoms with Gasteiger partial charge in [0.15, 0.2) is 12.4 Å². The summed E-state index contributed by atoms with van der Waals surface area (Å²) in [5, 5.41) is 2.65. The molecule has 0 aromatic carbocycles. The lowest BCUT2D eigenvalue weighted by Gasteiger charge is -2.10. The van der Waals surface area contributed by atoms with Gasteiger partial charge in [0, 0.05) is 19.6 Å². The Morgan fingerprint density at radius 3 is 2.83 bits per heavy atom. The van der Waals surface area contributed by atoms with Crippen LogP contribution in [0.2, 0.25) is 4.34 Å². The predicted molar refractivity (Wildman–Crippen MR) is 85.8 cm³/mol. The highest BCUT2D eigenvalue weighted by Crippen LogP contribution is 2.22. The molecular formula is C15H18ClNO5S. The maximum atomic E-state index is 11.8. The molecule has 2 heterocycles. The molecule has 0 aliphatic carbocycles. The number of carbonyl (C=O) groups is 3. The van der Waals surface area contributed by atoms with Gasteiger partial charge in [-0.15, -0.1) is 11.3 Å². The summed E-state index contributed by atoms with van der Waals surface area (Å²) in [6.45, 7) is 0.803. The second kappa shape index (κ2) is 9.00. The first kappa shape index (κ1) is 17.9. The van der Waals surface area contributed by atoms with Crippen molar-refractivity contribution < 1.29 is 23.9 Å². The molecule has 0 spiro atoms. The van der Waals surface area contributed by atoms with Crippen molar-refractivity contribution in [3.63, 3.8) is 0 Å². The van der Waals surface area contributed by atoms with Crippen LogP contribution in [-0.2, 0) is 19.1 Å². The van der Waals surface area contributed by atoms with Gasteiger partial charge in [0.05, 0.1) is 21.7 Å². The first-order chi connectivity index (χ1) is 11.0. The lowest BCUT2D eigenvalue weighted by molar-refractivity contribution is -0.148. The van der Waals surface area contributed by atoms with E-state index >= 15 is 0 Å². The summed E-state index contributed by atoms with van der Waals surface area (Å²) in [5.74, 6) is -1.11. The average Bonchev–Trinajstić information content (AvgIpc) is 3.19. The van der Waals surface area contributed by atoms with E-state index < -0.39 is 5.97 Å². The molecule has 1 aliphatic rings. The Labute approximate surface area is 143 Å². The van der Waals surface area contributed by atoms with Crippen LogP contribution in [0.1, 0.15) is 35.4 Å². The van der Waals surface area contributed by atoms with Crippen molar-refractivity contribution in [1.82, 2.24) is 5.32 Å². The van der Waals surface area contributed by atoms with Crippen molar-refractivity contribution in [3.05, 3.63) is 21.3 Å². The van der Waals surface area contributed by atoms with Crippen LogP contribution in [0.5, 0.6) is 0 Å². The van der Waals surface area contributed by atoms with Crippen molar-refractivity contribution in [3.8, 4) is 0 Å². The highest BCUT2D eigenvalue weighted by Gasteiger charge is 2.17. The largest absolute Gasteiger partial charge is 0.456 e. The Bertz CT molecular complexity index is 568. The molecule has 1 saturated heterocycles. The SMILES string of the molecule is O=C(COC(=O)CCC(=O)c1ccc(Cl)s1)NC[C@@H]1CCCO1. The standard InChI is InChI=1S/C15H18ClNO5S/c16-13-5-4-12(23-13)11(18)3-6-15(20)22-9-14(19)17-8-10-2-1-7-21-10/h4-5,10H,1-3,6-9H2,(H,17,19)/t10-/m0/s1. The molecular weight excluding hydrogens is 342 g/mol. The molecule has 23 heavy (non-hydrogen) atoms. The zero-order valence-corrected chi connectivity index (χ0v) is 14.1. The highest BCUT2D eigenvalue weighted by atomic mass is 35.5. The van der Waals surface area contributed by atoms with Crippen molar-refractivity contribution in [2.75, 3.05) is 19.8 Å². The third kappa shape index (κ3) is 6.29. The number of Topliss-reactive ketones (excluding diaryl/α,β-unsaturated/α-hetero) is 1. The number of hydrogen-bond donors (Lipinski definition) is 1. The second-order valence-electron chi connectivity index (χ2n) is 5.13.